The third-order valence-corrected chi connectivity index (χ3v) is 7.74. The van der Waals surface area contributed by atoms with Gasteiger partial charge in [-0.15, -0.1) is 0 Å². The zero-order chi connectivity index (χ0) is 28.8. The molecule has 0 aliphatic rings. The van der Waals surface area contributed by atoms with E-state index >= 15 is 0 Å². The minimum Gasteiger partial charge on any atom is -0.748 e. The van der Waals surface area contributed by atoms with E-state index in [1.54, 1.807) is 0 Å². The van der Waals surface area contributed by atoms with E-state index in [2.05, 4.69) is 13.8 Å². The minimum atomic E-state index is -3.98. The van der Waals surface area contributed by atoms with Crippen LogP contribution >= 0.6 is 0 Å². The van der Waals surface area contributed by atoms with E-state index in [1.165, 1.54) is 89.9 Å². The van der Waals surface area contributed by atoms with Gasteiger partial charge in [-0.1, -0.05) is 166 Å². The van der Waals surface area contributed by atoms with Crippen molar-refractivity contribution >= 4 is 58.0 Å². The second kappa shape index (κ2) is 32.8. The molecule has 9 heteroatoms. The Morgan fingerprint density at radius 1 is 0.385 bits per heavy atom. The van der Waals surface area contributed by atoms with E-state index in [4.69, 9.17) is 0 Å². The average molecular weight is 617 g/mol. The molecule has 1 aromatic carbocycles. The standard InChI is InChI=1S/2C12H26O3S.C6H6.Ca/c2*1-2-3-4-5-6-7-8-9-10-11-12-16(13,14)15;1-2-4-6-5-3-1;/h2*2-12H2,1H3,(H,13,14,15);1-6H;/q;;;+2/p-2. The molecule has 0 bridgehead atoms. The summed E-state index contributed by atoms with van der Waals surface area (Å²) in [7, 11) is -7.96. The zero-order valence-electron chi connectivity index (χ0n) is 25.0. The third kappa shape index (κ3) is 48.4. The van der Waals surface area contributed by atoms with Crippen molar-refractivity contribution in [3.05, 3.63) is 36.4 Å². The molecule has 0 saturated heterocycles. The summed E-state index contributed by atoms with van der Waals surface area (Å²) in [6.45, 7) is 4.42. The summed E-state index contributed by atoms with van der Waals surface area (Å²) >= 11 is 0. The molecule has 0 radical (unpaired) electrons. The van der Waals surface area contributed by atoms with Gasteiger partial charge in [0.15, 0.2) is 0 Å². The predicted molar refractivity (Wildman–Crippen MR) is 165 cm³/mol. The fourth-order valence-corrected chi connectivity index (χ4v) is 5.03. The molecule has 226 valence electrons. The van der Waals surface area contributed by atoms with Crippen LogP contribution in [-0.4, -0.2) is 75.2 Å². The minimum absolute atomic E-state index is 0. The third-order valence-electron chi connectivity index (χ3n) is 6.16. The van der Waals surface area contributed by atoms with Crippen molar-refractivity contribution in [2.75, 3.05) is 11.5 Å². The van der Waals surface area contributed by atoms with Crippen LogP contribution in [0.1, 0.15) is 142 Å². The van der Waals surface area contributed by atoms with Crippen LogP contribution in [0.25, 0.3) is 0 Å². The Morgan fingerprint density at radius 3 is 0.744 bits per heavy atom. The van der Waals surface area contributed by atoms with Gasteiger partial charge in [0.25, 0.3) is 0 Å². The van der Waals surface area contributed by atoms with Crippen LogP contribution in [0.5, 0.6) is 0 Å². The Hall–Kier alpha value is 0.300. The van der Waals surface area contributed by atoms with E-state index in [0.29, 0.717) is 12.8 Å². The number of benzene rings is 1. The molecule has 0 atom stereocenters. The fraction of sp³-hybridized carbons (Fsp3) is 0.800. The Labute approximate surface area is 272 Å². The molecule has 0 amide bonds. The Kier molecular flexibility index (Phi) is 36.8. The maximum Gasteiger partial charge on any atom is 2.00 e. The largest absolute Gasteiger partial charge is 2.00 e. The van der Waals surface area contributed by atoms with Gasteiger partial charge in [-0.25, -0.2) is 16.8 Å². The maximum atomic E-state index is 10.3. The summed E-state index contributed by atoms with van der Waals surface area (Å²) in [6, 6.07) is 12.0. The summed E-state index contributed by atoms with van der Waals surface area (Å²) in [5, 5.41) is 0. The molecule has 0 spiro atoms. The molecule has 0 unspecified atom stereocenters. The second-order valence-electron chi connectivity index (χ2n) is 10.0. The molecule has 0 aromatic heterocycles. The quantitative estimate of drug-likeness (QED) is 0.0736. The summed E-state index contributed by atoms with van der Waals surface area (Å²) in [5.74, 6) is -0.382. The van der Waals surface area contributed by atoms with E-state index in [1.807, 2.05) is 36.4 Å². The van der Waals surface area contributed by atoms with Crippen molar-refractivity contribution in [2.45, 2.75) is 142 Å². The van der Waals surface area contributed by atoms with Gasteiger partial charge in [-0.05, 0) is 12.8 Å². The van der Waals surface area contributed by atoms with Gasteiger partial charge in [-0.3, -0.25) is 0 Å². The predicted octanol–water partition coefficient (Wildman–Crippen LogP) is 8.21. The van der Waals surface area contributed by atoms with Gasteiger partial charge in [0.1, 0.15) is 0 Å². The molecular formula is C30H56CaO6S2. The Balaban J connectivity index is -0.000000535. The smallest absolute Gasteiger partial charge is 0.748 e. The van der Waals surface area contributed by atoms with Crippen molar-refractivity contribution in [3.63, 3.8) is 0 Å². The van der Waals surface area contributed by atoms with Crippen LogP contribution < -0.4 is 0 Å². The Morgan fingerprint density at radius 2 is 0.564 bits per heavy atom. The molecule has 0 heterocycles. The van der Waals surface area contributed by atoms with Gasteiger partial charge in [0.2, 0.25) is 0 Å². The molecule has 0 saturated carbocycles. The molecular weight excluding hydrogens is 561 g/mol. The number of unbranched alkanes of at least 4 members (excludes halogenated alkanes) is 18. The van der Waals surface area contributed by atoms with Crippen molar-refractivity contribution in [3.8, 4) is 0 Å². The van der Waals surface area contributed by atoms with Gasteiger partial charge in [-0.2, -0.15) is 0 Å². The number of hydrogen-bond donors (Lipinski definition) is 0. The summed E-state index contributed by atoms with van der Waals surface area (Å²) in [6.07, 6.45) is 22.9. The van der Waals surface area contributed by atoms with Crippen molar-refractivity contribution in [1.82, 2.24) is 0 Å². The van der Waals surface area contributed by atoms with Crippen LogP contribution in [0.4, 0.5) is 0 Å². The first kappa shape index (κ1) is 43.7. The van der Waals surface area contributed by atoms with Crippen LogP contribution in [0, 0.1) is 0 Å². The molecule has 1 rings (SSSR count). The normalized spacial score (nSPS) is 11.0. The number of hydrogen-bond acceptors (Lipinski definition) is 6. The topological polar surface area (TPSA) is 114 Å². The molecule has 1 aromatic rings. The van der Waals surface area contributed by atoms with Gasteiger partial charge >= 0.3 is 37.7 Å². The van der Waals surface area contributed by atoms with Crippen molar-refractivity contribution < 1.29 is 25.9 Å². The summed E-state index contributed by atoms with van der Waals surface area (Å²) in [4.78, 5) is 0. The van der Waals surface area contributed by atoms with E-state index in [0.717, 1.165) is 25.7 Å². The molecule has 6 nitrogen and oxygen atoms in total. The van der Waals surface area contributed by atoms with Crippen LogP contribution in [-0.2, 0) is 20.2 Å². The van der Waals surface area contributed by atoms with Gasteiger partial charge < -0.3 is 9.11 Å². The van der Waals surface area contributed by atoms with Gasteiger partial charge in [0.05, 0.1) is 20.2 Å². The molecule has 0 aliphatic carbocycles. The fourth-order valence-electron chi connectivity index (χ4n) is 3.92. The zero-order valence-corrected chi connectivity index (χ0v) is 28.8. The molecule has 39 heavy (non-hydrogen) atoms. The van der Waals surface area contributed by atoms with E-state index in [-0.39, 0.29) is 49.2 Å². The molecule has 0 N–H and O–H groups in total. The van der Waals surface area contributed by atoms with Crippen molar-refractivity contribution in [1.29, 1.82) is 0 Å². The maximum absolute atomic E-state index is 10.3. The van der Waals surface area contributed by atoms with E-state index < -0.39 is 20.2 Å². The van der Waals surface area contributed by atoms with Crippen LogP contribution in [0.3, 0.4) is 0 Å². The van der Waals surface area contributed by atoms with Crippen LogP contribution in [0.2, 0.25) is 0 Å². The number of rotatable bonds is 22. The molecule has 0 fully saturated rings. The van der Waals surface area contributed by atoms with Crippen molar-refractivity contribution in [2.24, 2.45) is 0 Å². The van der Waals surface area contributed by atoms with E-state index in [9.17, 15) is 25.9 Å². The summed E-state index contributed by atoms with van der Waals surface area (Å²) in [5.41, 5.74) is 0. The average Bonchev–Trinajstić information content (AvgIpc) is 2.87. The first-order valence-corrected chi connectivity index (χ1v) is 18.1. The second-order valence-corrected chi connectivity index (χ2v) is 13.1. The van der Waals surface area contributed by atoms with Crippen LogP contribution in [0.15, 0.2) is 36.4 Å². The Bertz CT molecular complexity index is 708. The first-order chi connectivity index (χ1) is 18.1. The monoisotopic (exact) mass is 616 g/mol. The SMILES string of the molecule is CCCCCCCCCCCCS(=O)(=O)[O-].CCCCCCCCCCCCS(=O)(=O)[O-].[Ca+2].c1ccccc1. The summed E-state index contributed by atoms with van der Waals surface area (Å²) < 4.78 is 61.9. The van der Waals surface area contributed by atoms with Gasteiger partial charge in [0, 0.05) is 11.5 Å². The first-order valence-electron chi connectivity index (χ1n) is 15.0. The molecule has 0 aliphatic heterocycles.